The first-order valence-electron chi connectivity index (χ1n) is 12.2. The molecule has 8 nitrogen and oxygen atoms in total. The van der Waals surface area contributed by atoms with Crippen LogP contribution in [0.3, 0.4) is 0 Å². The molecule has 3 aromatic rings. The summed E-state index contributed by atoms with van der Waals surface area (Å²) in [7, 11) is -2.48. The molecule has 0 aromatic heterocycles. The highest BCUT2D eigenvalue weighted by Crippen LogP contribution is 2.40. The Hall–Kier alpha value is -3.13. The zero-order valence-electron chi connectivity index (χ0n) is 21.3. The fourth-order valence-electron chi connectivity index (χ4n) is 4.15. The van der Waals surface area contributed by atoms with E-state index in [4.69, 9.17) is 24.6 Å². The van der Waals surface area contributed by atoms with Gasteiger partial charge in [0.15, 0.2) is 11.5 Å². The highest BCUT2D eigenvalue weighted by atomic mass is 31.2. The van der Waals surface area contributed by atoms with E-state index in [0.717, 1.165) is 51.5 Å². The van der Waals surface area contributed by atoms with Gasteiger partial charge in [-0.1, -0.05) is 37.3 Å². The third-order valence-corrected chi connectivity index (χ3v) is 6.51. The van der Waals surface area contributed by atoms with Crippen molar-refractivity contribution in [3.8, 4) is 23.0 Å². The van der Waals surface area contributed by atoms with Gasteiger partial charge in [-0.3, -0.25) is 5.84 Å². The first-order chi connectivity index (χ1) is 17.9. The Labute approximate surface area is 218 Å². The number of allylic oxidation sites excluding steroid dienone is 1. The van der Waals surface area contributed by atoms with Crippen molar-refractivity contribution in [1.82, 2.24) is 5.01 Å². The molecule has 0 fully saturated rings. The van der Waals surface area contributed by atoms with Crippen molar-refractivity contribution >= 4 is 19.7 Å². The Bertz CT molecular complexity index is 1210. The third-order valence-electron chi connectivity index (χ3n) is 6.13. The van der Waals surface area contributed by atoms with Gasteiger partial charge in [0.1, 0.15) is 18.1 Å². The average molecular weight is 525 g/mol. The number of rotatable bonds is 11. The quantitative estimate of drug-likeness (QED) is 0.134. The van der Waals surface area contributed by atoms with Gasteiger partial charge in [0, 0.05) is 12.6 Å². The van der Waals surface area contributed by atoms with Gasteiger partial charge in [-0.05, 0) is 84.5 Å². The summed E-state index contributed by atoms with van der Waals surface area (Å²) < 4.78 is 22.1. The molecule has 0 bridgehead atoms. The second-order valence-electron chi connectivity index (χ2n) is 8.85. The number of fused-ring (bicyclic) bond motifs is 1. The van der Waals surface area contributed by atoms with E-state index in [1.807, 2.05) is 68.4 Å². The van der Waals surface area contributed by atoms with Crippen molar-refractivity contribution in [1.29, 1.82) is 0 Å². The molecule has 0 unspecified atom stereocenters. The number of benzene rings is 3. The van der Waals surface area contributed by atoms with Crippen molar-refractivity contribution < 1.29 is 28.5 Å². The molecule has 0 amide bonds. The predicted molar refractivity (Wildman–Crippen MR) is 145 cm³/mol. The van der Waals surface area contributed by atoms with Crippen molar-refractivity contribution in [2.75, 3.05) is 19.9 Å². The van der Waals surface area contributed by atoms with Gasteiger partial charge < -0.3 is 28.5 Å². The minimum Gasteiger partial charge on any atom is -0.492 e. The van der Waals surface area contributed by atoms with E-state index >= 15 is 0 Å². The summed E-state index contributed by atoms with van der Waals surface area (Å²) in [4.78, 5) is 18.4. The van der Waals surface area contributed by atoms with Crippen LogP contribution in [0.5, 0.6) is 23.0 Å². The smallest absolute Gasteiger partial charge is 0.391 e. The van der Waals surface area contributed by atoms with Crippen LogP contribution in [0.1, 0.15) is 43.9 Å². The third kappa shape index (κ3) is 6.80. The maximum atomic E-state index is 9.20. The van der Waals surface area contributed by atoms with Crippen LogP contribution in [0.15, 0.2) is 66.7 Å². The van der Waals surface area contributed by atoms with Crippen molar-refractivity contribution in [2.24, 2.45) is 5.84 Å². The molecule has 0 aliphatic carbocycles. The van der Waals surface area contributed by atoms with Crippen LogP contribution < -0.4 is 24.6 Å². The summed E-state index contributed by atoms with van der Waals surface area (Å²) in [5.74, 6) is 8.60. The molecule has 1 aliphatic heterocycles. The largest absolute Gasteiger partial charge is 0.492 e. The Morgan fingerprint density at radius 2 is 1.51 bits per heavy atom. The Kier molecular flexibility index (Phi) is 9.03. The van der Waals surface area contributed by atoms with Gasteiger partial charge in [-0.2, -0.15) is 0 Å². The minimum atomic E-state index is -2.48. The van der Waals surface area contributed by atoms with Crippen LogP contribution in [0.2, 0.25) is 0 Å². The van der Waals surface area contributed by atoms with Crippen LogP contribution in [-0.2, 0) is 0 Å². The molecule has 3 aromatic carbocycles. The molecular weight excluding hydrogens is 491 g/mol. The molecule has 196 valence electrons. The fraction of sp³-hybridized carbons (Fsp3) is 0.286. The van der Waals surface area contributed by atoms with Gasteiger partial charge in [-0.25, -0.2) is 5.01 Å². The zero-order chi connectivity index (χ0) is 26.4. The molecule has 0 atom stereocenters. The van der Waals surface area contributed by atoms with Crippen LogP contribution in [0, 0.1) is 0 Å². The van der Waals surface area contributed by atoms with Crippen LogP contribution in [-0.4, -0.2) is 40.8 Å². The lowest BCUT2D eigenvalue weighted by Crippen LogP contribution is -2.40. The van der Waals surface area contributed by atoms with Gasteiger partial charge >= 0.3 is 8.60 Å². The second-order valence-corrected chi connectivity index (χ2v) is 9.54. The first-order valence-corrected chi connectivity index (χ1v) is 13.4. The monoisotopic (exact) mass is 524 g/mol. The van der Waals surface area contributed by atoms with Gasteiger partial charge in [0.05, 0.1) is 0 Å². The number of hydrazine groups is 1. The highest BCUT2D eigenvalue weighted by Gasteiger charge is 2.18. The zero-order valence-corrected chi connectivity index (χ0v) is 22.2. The normalized spacial score (nSPS) is 13.3. The summed E-state index contributed by atoms with van der Waals surface area (Å²) >= 11 is 0. The highest BCUT2D eigenvalue weighted by molar-refractivity contribution is 7.39. The van der Waals surface area contributed by atoms with Crippen LogP contribution in [0.4, 0.5) is 0 Å². The topological polar surface area (TPSA) is 107 Å². The number of hydrogen-bond donors (Lipinski definition) is 3. The number of nitrogens with two attached hydrogens (primary N) is 1. The van der Waals surface area contributed by atoms with E-state index in [2.05, 4.69) is 6.92 Å². The molecule has 0 saturated heterocycles. The molecular formula is C28H33N2O6P. The summed E-state index contributed by atoms with van der Waals surface area (Å²) in [5.41, 5.74) is 5.19. The van der Waals surface area contributed by atoms with E-state index in [1.165, 1.54) is 0 Å². The molecule has 0 spiro atoms. The number of nitrogens with zero attached hydrogens (tertiary/aromatic N) is 1. The summed E-state index contributed by atoms with van der Waals surface area (Å²) in [6, 6.07) is 21.5. The van der Waals surface area contributed by atoms with Gasteiger partial charge in [0.25, 0.3) is 0 Å². The van der Waals surface area contributed by atoms with E-state index in [0.29, 0.717) is 18.9 Å². The molecule has 1 heterocycles. The molecule has 0 radical (unpaired) electrons. The second kappa shape index (κ2) is 12.4. The van der Waals surface area contributed by atoms with E-state index in [9.17, 15) is 9.79 Å². The lowest BCUT2D eigenvalue weighted by Gasteiger charge is -2.20. The summed E-state index contributed by atoms with van der Waals surface area (Å²) in [6.07, 6.45) is 0.769. The predicted octanol–water partition coefficient (Wildman–Crippen LogP) is 5.34. The van der Waals surface area contributed by atoms with E-state index in [1.54, 1.807) is 17.1 Å². The Balaban J connectivity index is 1.69. The SMILES string of the molecule is CCC(=C(c1ccc(OCCN(N)C(C)C)cc1)c1ccc(OP(O)O)cc1)c1ccc2c(c1)OCO2. The lowest BCUT2D eigenvalue weighted by molar-refractivity contribution is 0.174. The van der Waals surface area contributed by atoms with Crippen LogP contribution in [0.25, 0.3) is 11.1 Å². The number of ether oxygens (including phenoxy) is 3. The minimum absolute atomic E-state index is 0.219. The van der Waals surface area contributed by atoms with E-state index in [-0.39, 0.29) is 12.8 Å². The van der Waals surface area contributed by atoms with E-state index < -0.39 is 8.60 Å². The van der Waals surface area contributed by atoms with Gasteiger partial charge in [0.2, 0.25) is 6.79 Å². The lowest BCUT2D eigenvalue weighted by atomic mass is 9.88. The number of hydrogen-bond acceptors (Lipinski definition) is 8. The summed E-state index contributed by atoms with van der Waals surface area (Å²) in [6.45, 7) is 7.55. The maximum absolute atomic E-state index is 9.20. The van der Waals surface area contributed by atoms with Crippen molar-refractivity contribution in [2.45, 2.75) is 33.2 Å². The summed E-state index contributed by atoms with van der Waals surface area (Å²) in [5, 5.41) is 1.75. The van der Waals surface area contributed by atoms with Crippen molar-refractivity contribution in [3.05, 3.63) is 83.4 Å². The molecule has 37 heavy (non-hydrogen) atoms. The van der Waals surface area contributed by atoms with Crippen molar-refractivity contribution in [3.63, 3.8) is 0 Å². The Morgan fingerprint density at radius 3 is 2.11 bits per heavy atom. The standard InChI is InChI=1S/C28H33N2O6P/c1-4-25(22-9-14-26-27(17-22)35-18-34-26)28(21-7-12-24(13-8-21)36-37(31)32)20-5-10-23(11-6-20)33-16-15-30(29)19(2)3/h5-14,17,19,31-32H,4,15-16,18,29H2,1-3H3. The molecule has 9 heteroatoms. The Morgan fingerprint density at radius 1 is 0.919 bits per heavy atom. The van der Waals surface area contributed by atoms with Gasteiger partial charge in [-0.15, -0.1) is 0 Å². The molecule has 4 N–H and O–H groups in total. The molecule has 0 saturated carbocycles. The fourth-order valence-corrected chi connectivity index (χ4v) is 4.46. The average Bonchev–Trinajstić information content (AvgIpc) is 3.36. The molecule has 1 aliphatic rings. The maximum Gasteiger partial charge on any atom is 0.391 e. The van der Waals surface area contributed by atoms with Crippen LogP contribution >= 0.6 is 8.60 Å². The first kappa shape index (κ1) is 26.9. The molecule has 4 rings (SSSR count).